The second kappa shape index (κ2) is 7.65. The topological polar surface area (TPSA) is 98.0 Å². The predicted octanol–water partition coefficient (Wildman–Crippen LogP) is 2.63. The maximum atomic E-state index is 12.4. The van der Waals surface area contributed by atoms with Crippen molar-refractivity contribution in [2.45, 2.75) is 45.4 Å². The van der Waals surface area contributed by atoms with Gasteiger partial charge in [-0.25, -0.2) is 4.79 Å². The molecule has 1 saturated heterocycles. The molecule has 1 aromatic heterocycles. The van der Waals surface area contributed by atoms with Gasteiger partial charge in [-0.1, -0.05) is 13.8 Å². The molecule has 0 saturated carbocycles. The lowest BCUT2D eigenvalue weighted by molar-refractivity contribution is 0.0694. The first-order valence-electron chi connectivity index (χ1n) is 9.90. The number of benzene rings is 1. The van der Waals surface area contributed by atoms with Crippen molar-refractivity contribution < 1.29 is 24.5 Å². The molecule has 0 bridgehead atoms. The van der Waals surface area contributed by atoms with Gasteiger partial charge in [-0.15, -0.1) is 0 Å². The van der Waals surface area contributed by atoms with Gasteiger partial charge in [0.15, 0.2) is 5.43 Å². The van der Waals surface area contributed by atoms with Crippen LogP contribution < -0.4 is 10.2 Å². The molecule has 7 heteroatoms. The van der Waals surface area contributed by atoms with Crippen molar-refractivity contribution in [1.82, 2.24) is 4.57 Å². The van der Waals surface area contributed by atoms with Crippen molar-refractivity contribution in [3.8, 4) is 17.0 Å². The summed E-state index contributed by atoms with van der Waals surface area (Å²) in [5, 5.41) is 19.3. The van der Waals surface area contributed by atoms with Crippen LogP contribution in [0.5, 0.6) is 5.75 Å². The summed E-state index contributed by atoms with van der Waals surface area (Å²) >= 11 is 0. The molecule has 3 heterocycles. The zero-order valence-corrected chi connectivity index (χ0v) is 16.6. The van der Waals surface area contributed by atoms with Gasteiger partial charge in [0.05, 0.1) is 25.5 Å². The van der Waals surface area contributed by atoms with Crippen molar-refractivity contribution in [3.63, 3.8) is 0 Å². The lowest BCUT2D eigenvalue weighted by Crippen LogP contribution is -2.28. The molecule has 0 spiro atoms. The number of carboxylic acid groups (broad SMARTS) is 1. The zero-order chi connectivity index (χ0) is 20.7. The first-order valence-corrected chi connectivity index (χ1v) is 9.90. The van der Waals surface area contributed by atoms with Crippen LogP contribution in [0.25, 0.3) is 11.3 Å². The van der Waals surface area contributed by atoms with E-state index in [1.54, 1.807) is 0 Å². The average Bonchev–Trinajstić information content (AvgIpc) is 3.19. The number of carboxylic acids is 1. The van der Waals surface area contributed by atoms with E-state index in [4.69, 9.17) is 9.47 Å². The Hall–Kier alpha value is -2.64. The average molecular weight is 399 g/mol. The molecule has 29 heavy (non-hydrogen) atoms. The largest absolute Gasteiger partial charge is 0.488 e. The number of aromatic carboxylic acids is 1. The molecular weight excluding hydrogens is 374 g/mol. The number of nitrogens with zero attached hydrogens (tertiary/aromatic N) is 1. The molecule has 7 nitrogen and oxygen atoms in total. The highest BCUT2D eigenvalue weighted by Gasteiger charge is 2.29. The number of aliphatic hydroxyl groups excluding tert-OH is 1. The first kappa shape index (κ1) is 19.7. The summed E-state index contributed by atoms with van der Waals surface area (Å²) in [5.74, 6) is -0.351. The normalized spacial score (nSPS) is 20.4. The van der Waals surface area contributed by atoms with Crippen molar-refractivity contribution in [3.05, 3.63) is 51.3 Å². The number of ether oxygens (including phenoxy) is 2. The van der Waals surface area contributed by atoms with Gasteiger partial charge in [0.25, 0.3) is 0 Å². The minimum Gasteiger partial charge on any atom is -0.488 e. The minimum atomic E-state index is -1.22. The van der Waals surface area contributed by atoms with E-state index in [1.165, 1.54) is 12.3 Å². The van der Waals surface area contributed by atoms with E-state index >= 15 is 0 Å². The van der Waals surface area contributed by atoms with Crippen LogP contribution in [0.3, 0.4) is 0 Å². The van der Waals surface area contributed by atoms with Crippen LogP contribution in [-0.2, 0) is 17.8 Å². The smallest absolute Gasteiger partial charge is 0.341 e. The number of hydrogen-bond donors (Lipinski definition) is 2. The molecule has 2 atom stereocenters. The SMILES string of the molecule is CC(C)C1Cc2cc(O[C@H]3CCOC3)c(CO)cc2-c2cc(=O)c(C(=O)O)cn21. The summed E-state index contributed by atoms with van der Waals surface area (Å²) in [4.78, 5) is 23.9. The van der Waals surface area contributed by atoms with Gasteiger partial charge in [0, 0.05) is 35.9 Å². The van der Waals surface area contributed by atoms with Crippen LogP contribution in [0.15, 0.2) is 29.2 Å². The maximum absolute atomic E-state index is 12.4. The van der Waals surface area contributed by atoms with Gasteiger partial charge in [-0.2, -0.15) is 0 Å². The Kier molecular flexibility index (Phi) is 5.19. The Bertz CT molecular complexity index is 1000. The fourth-order valence-corrected chi connectivity index (χ4v) is 4.17. The van der Waals surface area contributed by atoms with E-state index in [9.17, 15) is 19.8 Å². The molecule has 2 N–H and O–H groups in total. The Morgan fingerprint density at radius 2 is 2.14 bits per heavy atom. The molecule has 0 amide bonds. The summed E-state index contributed by atoms with van der Waals surface area (Å²) in [5.41, 5.74) is 2.41. The standard InChI is InChI=1S/C22H25NO6/c1-12(2)18-6-13-7-21(29-15-3-4-28-11-15)14(10-24)5-16(13)19-8-20(25)17(22(26)27)9-23(18)19/h5,7-9,12,15,18,24H,3-4,6,10-11H2,1-2H3,(H,26,27)/t15-,18?/m0/s1. The van der Waals surface area contributed by atoms with Crippen LogP contribution in [0.1, 0.15) is 47.8 Å². The van der Waals surface area contributed by atoms with E-state index in [0.29, 0.717) is 36.6 Å². The molecule has 2 aliphatic rings. The molecule has 2 aromatic rings. The van der Waals surface area contributed by atoms with Crippen molar-refractivity contribution in [1.29, 1.82) is 0 Å². The number of hydrogen-bond acceptors (Lipinski definition) is 5. The van der Waals surface area contributed by atoms with Gasteiger partial charge < -0.3 is 24.3 Å². The van der Waals surface area contributed by atoms with E-state index in [0.717, 1.165) is 17.5 Å². The Morgan fingerprint density at radius 3 is 2.76 bits per heavy atom. The Balaban J connectivity index is 1.86. The molecule has 0 aliphatic carbocycles. The van der Waals surface area contributed by atoms with Gasteiger partial charge in [-0.05, 0) is 30.0 Å². The number of aliphatic hydroxyl groups is 1. The summed E-state index contributed by atoms with van der Waals surface area (Å²) in [6.07, 6.45) is 2.92. The third-order valence-electron chi connectivity index (χ3n) is 5.78. The zero-order valence-electron chi connectivity index (χ0n) is 16.6. The lowest BCUT2D eigenvalue weighted by Gasteiger charge is -2.34. The molecule has 1 unspecified atom stereocenters. The second-order valence-corrected chi connectivity index (χ2v) is 8.04. The summed E-state index contributed by atoms with van der Waals surface area (Å²) < 4.78 is 13.4. The van der Waals surface area contributed by atoms with Gasteiger partial charge in [0.1, 0.15) is 17.4 Å². The van der Waals surface area contributed by atoms with E-state index in [1.807, 2.05) is 16.7 Å². The summed E-state index contributed by atoms with van der Waals surface area (Å²) in [7, 11) is 0. The number of fused-ring (bicyclic) bond motifs is 3. The Morgan fingerprint density at radius 1 is 1.34 bits per heavy atom. The minimum absolute atomic E-state index is 0.0128. The van der Waals surface area contributed by atoms with E-state index in [-0.39, 0.29) is 30.2 Å². The van der Waals surface area contributed by atoms with Crippen LogP contribution in [0.2, 0.25) is 0 Å². The van der Waals surface area contributed by atoms with Crippen molar-refractivity contribution in [2.24, 2.45) is 5.92 Å². The van der Waals surface area contributed by atoms with Crippen LogP contribution >= 0.6 is 0 Å². The number of carbonyl (C=O) groups is 1. The number of rotatable bonds is 5. The monoisotopic (exact) mass is 399 g/mol. The third-order valence-corrected chi connectivity index (χ3v) is 5.78. The molecule has 1 aromatic carbocycles. The molecule has 154 valence electrons. The second-order valence-electron chi connectivity index (χ2n) is 8.04. The highest BCUT2D eigenvalue weighted by atomic mass is 16.5. The van der Waals surface area contributed by atoms with Crippen molar-refractivity contribution >= 4 is 5.97 Å². The molecule has 2 aliphatic heterocycles. The molecule has 4 rings (SSSR count). The summed E-state index contributed by atoms with van der Waals surface area (Å²) in [6.45, 7) is 5.16. The summed E-state index contributed by atoms with van der Waals surface area (Å²) in [6, 6.07) is 5.21. The molecular formula is C22H25NO6. The Labute approximate surface area is 168 Å². The van der Waals surface area contributed by atoms with E-state index in [2.05, 4.69) is 13.8 Å². The lowest BCUT2D eigenvalue weighted by atomic mass is 9.86. The number of pyridine rings is 1. The highest BCUT2D eigenvalue weighted by Crippen LogP contribution is 2.40. The van der Waals surface area contributed by atoms with E-state index < -0.39 is 11.4 Å². The van der Waals surface area contributed by atoms with Crippen LogP contribution in [0.4, 0.5) is 0 Å². The number of aromatic nitrogens is 1. The molecule has 0 radical (unpaired) electrons. The molecule has 1 fully saturated rings. The van der Waals surface area contributed by atoms with Crippen molar-refractivity contribution in [2.75, 3.05) is 13.2 Å². The highest BCUT2D eigenvalue weighted by molar-refractivity contribution is 5.87. The third kappa shape index (κ3) is 3.56. The predicted molar refractivity (Wildman–Crippen MR) is 106 cm³/mol. The quantitative estimate of drug-likeness (QED) is 0.802. The van der Waals surface area contributed by atoms with Crippen LogP contribution in [-0.4, -0.2) is 40.1 Å². The fraction of sp³-hybridized carbons (Fsp3) is 0.455. The van der Waals surface area contributed by atoms with Gasteiger partial charge in [0.2, 0.25) is 0 Å². The van der Waals surface area contributed by atoms with Gasteiger partial charge in [-0.3, -0.25) is 4.79 Å². The first-order chi connectivity index (χ1) is 13.9. The van der Waals surface area contributed by atoms with Gasteiger partial charge >= 0.3 is 5.97 Å². The van der Waals surface area contributed by atoms with Crippen LogP contribution in [0, 0.1) is 5.92 Å². The maximum Gasteiger partial charge on any atom is 0.341 e. The fourth-order valence-electron chi connectivity index (χ4n) is 4.17.